The minimum Gasteiger partial charge on any atom is -0.306 e. The van der Waals surface area contributed by atoms with Crippen LogP contribution in [0.2, 0.25) is 0 Å². The third kappa shape index (κ3) is 3.47. The van der Waals surface area contributed by atoms with Crippen molar-refractivity contribution in [1.29, 1.82) is 0 Å². The Hall–Kier alpha value is -0.510. The van der Waals surface area contributed by atoms with Crippen molar-refractivity contribution in [2.75, 3.05) is 0 Å². The molecular formula is C13H22N2OS. The van der Waals surface area contributed by atoms with E-state index in [-0.39, 0.29) is 5.91 Å². The number of amides is 1. The fourth-order valence-electron chi connectivity index (χ4n) is 2.99. The first kappa shape index (κ1) is 12.9. The van der Waals surface area contributed by atoms with E-state index in [9.17, 15) is 4.79 Å². The third-order valence-corrected chi connectivity index (χ3v) is 4.52. The second-order valence-electron chi connectivity index (χ2n) is 5.52. The third-order valence-electron chi connectivity index (χ3n) is 3.61. The predicted molar refractivity (Wildman–Crippen MR) is 73.2 cm³/mol. The predicted octanol–water partition coefficient (Wildman–Crippen LogP) is 2.81. The number of carbonyl (C=O) groups is 1. The van der Waals surface area contributed by atoms with Crippen molar-refractivity contribution < 1.29 is 4.79 Å². The van der Waals surface area contributed by atoms with Crippen LogP contribution in [0.3, 0.4) is 0 Å². The highest BCUT2D eigenvalue weighted by atomic mass is 32.2. The topological polar surface area (TPSA) is 41.5 Å². The number of amidine groups is 1. The number of aliphatic imine (C=N–C) groups is 1. The first-order valence-corrected chi connectivity index (χ1v) is 7.44. The molecule has 0 aromatic rings. The molecule has 2 fully saturated rings. The van der Waals surface area contributed by atoms with E-state index in [1.165, 1.54) is 25.7 Å². The zero-order valence-corrected chi connectivity index (χ0v) is 11.7. The number of hydrogen-bond donors (Lipinski definition) is 1. The van der Waals surface area contributed by atoms with Crippen LogP contribution in [0.4, 0.5) is 0 Å². The van der Waals surface area contributed by atoms with E-state index in [4.69, 9.17) is 4.99 Å². The average molecular weight is 254 g/mol. The Morgan fingerprint density at radius 1 is 1.35 bits per heavy atom. The van der Waals surface area contributed by atoms with Gasteiger partial charge < -0.3 is 5.32 Å². The van der Waals surface area contributed by atoms with Crippen LogP contribution in [0.15, 0.2) is 4.99 Å². The summed E-state index contributed by atoms with van der Waals surface area (Å²) in [6.07, 6.45) is 5.31. The summed E-state index contributed by atoms with van der Waals surface area (Å²) in [5, 5.41) is 4.15. The van der Waals surface area contributed by atoms with E-state index < -0.39 is 0 Å². The summed E-state index contributed by atoms with van der Waals surface area (Å²) in [4.78, 5) is 16.0. The molecule has 3 nitrogen and oxygen atoms in total. The van der Waals surface area contributed by atoms with Crippen LogP contribution in [0.1, 0.15) is 46.5 Å². The molecule has 0 spiro atoms. The number of nitrogens with one attached hydrogen (secondary N) is 1. The Bertz CT molecular complexity index is 327. The van der Waals surface area contributed by atoms with E-state index in [0.717, 1.165) is 17.0 Å². The zero-order valence-electron chi connectivity index (χ0n) is 10.9. The summed E-state index contributed by atoms with van der Waals surface area (Å²) >= 11 is 1.66. The van der Waals surface area contributed by atoms with E-state index in [1.807, 2.05) is 0 Å². The van der Waals surface area contributed by atoms with Gasteiger partial charge in [0, 0.05) is 12.2 Å². The molecule has 4 heteroatoms. The highest BCUT2D eigenvalue weighted by Gasteiger charge is 2.39. The first-order chi connectivity index (χ1) is 8.04. The molecule has 0 unspecified atom stereocenters. The van der Waals surface area contributed by atoms with Gasteiger partial charge in [0.25, 0.3) is 0 Å². The van der Waals surface area contributed by atoms with Crippen molar-refractivity contribution in [2.24, 2.45) is 16.8 Å². The lowest BCUT2D eigenvalue weighted by atomic mass is 9.96. The second-order valence-corrected chi connectivity index (χ2v) is 7.09. The van der Waals surface area contributed by atoms with Crippen LogP contribution in [0.25, 0.3) is 0 Å². The van der Waals surface area contributed by atoms with Gasteiger partial charge in [-0.25, -0.2) is 0 Å². The molecule has 2 aliphatic rings. The Balaban J connectivity index is 2.01. The number of hydrogen-bond acceptors (Lipinski definition) is 3. The van der Waals surface area contributed by atoms with Gasteiger partial charge in [-0.3, -0.25) is 9.79 Å². The Morgan fingerprint density at radius 3 is 2.59 bits per heavy atom. The lowest BCUT2D eigenvalue weighted by Gasteiger charge is -2.19. The van der Waals surface area contributed by atoms with Gasteiger partial charge in [-0.2, -0.15) is 0 Å². The van der Waals surface area contributed by atoms with Gasteiger partial charge in [-0.1, -0.05) is 32.0 Å². The van der Waals surface area contributed by atoms with Crippen LogP contribution in [-0.2, 0) is 4.79 Å². The zero-order chi connectivity index (χ0) is 12.4. The molecule has 0 saturated heterocycles. The van der Waals surface area contributed by atoms with Crippen LogP contribution in [0, 0.1) is 11.8 Å². The van der Waals surface area contributed by atoms with Crippen LogP contribution in [0.5, 0.6) is 0 Å². The van der Waals surface area contributed by atoms with Gasteiger partial charge in [-0.15, -0.1) is 0 Å². The molecule has 2 aliphatic carbocycles. The highest BCUT2D eigenvalue weighted by Crippen LogP contribution is 2.46. The largest absolute Gasteiger partial charge is 0.306 e. The molecule has 0 aromatic carbocycles. The molecule has 2 rings (SSSR count). The second kappa shape index (κ2) is 5.42. The summed E-state index contributed by atoms with van der Waals surface area (Å²) in [5.41, 5.74) is 0. The number of nitrogens with zero attached hydrogens (tertiary/aromatic N) is 1. The highest BCUT2D eigenvalue weighted by molar-refractivity contribution is 8.14. The molecule has 2 saturated carbocycles. The maximum Gasteiger partial charge on any atom is 0.222 e. The molecule has 1 N–H and O–H groups in total. The Morgan fingerprint density at radius 2 is 2.12 bits per heavy atom. The lowest BCUT2D eigenvalue weighted by Crippen LogP contribution is -2.29. The Labute approximate surface area is 108 Å². The van der Waals surface area contributed by atoms with Crippen molar-refractivity contribution in [3.8, 4) is 0 Å². The fourth-order valence-corrected chi connectivity index (χ4v) is 3.83. The molecule has 0 aromatic heterocycles. The smallest absolute Gasteiger partial charge is 0.222 e. The van der Waals surface area contributed by atoms with Gasteiger partial charge in [0.15, 0.2) is 5.17 Å². The van der Waals surface area contributed by atoms with Gasteiger partial charge in [-0.05, 0) is 31.1 Å². The van der Waals surface area contributed by atoms with Gasteiger partial charge in [0.2, 0.25) is 5.91 Å². The SMILES string of the molecule is CC(=O)NC(=N[C@H]1C[C@@H]2CC[C@H]1C2)SC(C)C. The van der Waals surface area contributed by atoms with E-state index in [0.29, 0.717) is 11.3 Å². The van der Waals surface area contributed by atoms with E-state index >= 15 is 0 Å². The van der Waals surface area contributed by atoms with Crippen molar-refractivity contribution in [1.82, 2.24) is 5.32 Å². The fraction of sp³-hybridized carbons (Fsp3) is 0.846. The minimum absolute atomic E-state index is 0.0138. The minimum atomic E-state index is -0.0138. The number of rotatable bonds is 2. The molecule has 17 heavy (non-hydrogen) atoms. The van der Waals surface area contributed by atoms with Crippen molar-refractivity contribution >= 4 is 22.8 Å². The van der Waals surface area contributed by atoms with Gasteiger partial charge in [0.1, 0.15) is 0 Å². The first-order valence-electron chi connectivity index (χ1n) is 6.56. The number of thioether (sulfide) groups is 1. The quantitative estimate of drug-likeness (QED) is 0.608. The molecular weight excluding hydrogens is 232 g/mol. The maximum atomic E-state index is 11.2. The van der Waals surface area contributed by atoms with E-state index in [2.05, 4.69) is 19.2 Å². The monoisotopic (exact) mass is 254 g/mol. The van der Waals surface area contributed by atoms with Crippen LogP contribution >= 0.6 is 11.8 Å². The Kier molecular flexibility index (Phi) is 4.13. The molecule has 96 valence electrons. The van der Waals surface area contributed by atoms with Crippen LogP contribution < -0.4 is 5.32 Å². The summed E-state index contributed by atoms with van der Waals surface area (Å²) < 4.78 is 0. The van der Waals surface area contributed by atoms with Crippen molar-refractivity contribution in [2.45, 2.75) is 57.7 Å². The summed E-state index contributed by atoms with van der Waals surface area (Å²) in [6, 6.07) is 0.460. The summed E-state index contributed by atoms with van der Waals surface area (Å²) in [5.74, 6) is 1.66. The standard InChI is InChI=1S/C13H22N2OS/c1-8(2)17-13(14-9(3)16)15-12-7-10-4-5-11(12)6-10/h8,10-12H,4-7H2,1-3H3,(H,14,15,16)/t10-,11+,12+/m1/s1. The molecule has 1 amide bonds. The van der Waals surface area contributed by atoms with Crippen molar-refractivity contribution in [3.63, 3.8) is 0 Å². The molecule has 0 radical (unpaired) electrons. The summed E-state index contributed by atoms with van der Waals surface area (Å²) in [6.45, 7) is 5.81. The average Bonchev–Trinajstić information content (AvgIpc) is 2.76. The molecule has 2 bridgehead atoms. The number of carbonyl (C=O) groups excluding carboxylic acids is 1. The molecule has 3 atom stereocenters. The van der Waals surface area contributed by atoms with E-state index in [1.54, 1.807) is 18.7 Å². The van der Waals surface area contributed by atoms with Gasteiger partial charge in [0.05, 0.1) is 6.04 Å². The lowest BCUT2D eigenvalue weighted by molar-refractivity contribution is -0.117. The summed E-state index contributed by atoms with van der Waals surface area (Å²) in [7, 11) is 0. The maximum absolute atomic E-state index is 11.2. The van der Waals surface area contributed by atoms with Crippen molar-refractivity contribution in [3.05, 3.63) is 0 Å². The normalized spacial score (nSPS) is 32.2. The number of fused-ring (bicyclic) bond motifs is 2. The molecule has 0 heterocycles. The van der Waals surface area contributed by atoms with Crippen LogP contribution in [-0.4, -0.2) is 22.4 Å². The molecule has 0 aliphatic heterocycles. The van der Waals surface area contributed by atoms with Gasteiger partial charge >= 0.3 is 0 Å².